The van der Waals surface area contributed by atoms with Gasteiger partial charge in [0.05, 0.1) is 12.2 Å². The first kappa shape index (κ1) is 26.9. The Morgan fingerprint density at radius 3 is 2.50 bits per heavy atom. The summed E-state index contributed by atoms with van der Waals surface area (Å²) in [5.74, 6) is 0.699. The molecule has 1 atom stereocenters. The third-order valence-corrected chi connectivity index (χ3v) is 4.34. The Labute approximate surface area is 183 Å². The summed E-state index contributed by atoms with van der Waals surface area (Å²) in [5, 5.41) is 6.43. The molecule has 0 fully saturated rings. The largest absolute Gasteiger partial charge is 0.416 e. The molecule has 0 spiro atoms. The number of nitrogens with one attached hydrogen (secondary N) is 2. The molecule has 0 bridgehead atoms. The van der Waals surface area contributed by atoms with Crippen LogP contribution in [-0.2, 0) is 10.9 Å². The van der Waals surface area contributed by atoms with Crippen molar-refractivity contribution in [3.63, 3.8) is 0 Å². The third-order valence-electron chi connectivity index (χ3n) is 4.34. The number of methoxy groups -OCH3 is 1. The number of likely N-dealkylation sites (N-methyl/N-ethyl adjacent to an activating group) is 1. The van der Waals surface area contributed by atoms with Crippen molar-refractivity contribution >= 4 is 29.9 Å². The van der Waals surface area contributed by atoms with Gasteiger partial charge < -0.3 is 20.3 Å². The van der Waals surface area contributed by atoms with E-state index in [1.165, 1.54) is 12.1 Å². The van der Waals surface area contributed by atoms with E-state index in [0.717, 1.165) is 25.7 Å². The molecule has 2 N–H and O–H groups in total. The summed E-state index contributed by atoms with van der Waals surface area (Å²) < 4.78 is 43.5. The average Bonchev–Trinajstić information content (AvgIpc) is 2.64. The third kappa shape index (κ3) is 10.5. The maximum atomic E-state index is 12.8. The van der Waals surface area contributed by atoms with Crippen LogP contribution in [0.1, 0.15) is 30.4 Å². The van der Waals surface area contributed by atoms with E-state index in [4.69, 9.17) is 4.74 Å². The van der Waals surface area contributed by atoms with Crippen LogP contribution in [0.15, 0.2) is 29.3 Å². The second kappa shape index (κ2) is 14.0. The molecule has 1 aromatic rings. The SMILES string of the molecule is CN=C(NCCC(C)c1cccc(C(F)(F)F)c1)NCCN(C)CCOC.I. The van der Waals surface area contributed by atoms with E-state index < -0.39 is 11.7 Å². The number of hydrogen-bond donors (Lipinski definition) is 2. The van der Waals surface area contributed by atoms with Gasteiger partial charge in [0.25, 0.3) is 0 Å². The molecule has 0 aliphatic carbocycles. The summed E-state index contributed by atoms with van der Waals surface area (Å²) in [5.41, 5.74) is 0.0872. The van der Waals surface area contributed by atoms with Crippen molar-refractivity contribution in [2.45, 2.75) is 25.4 Å². The van der Waals surface area contributed by atoms with Crippen LogP contribution in [0.4, 0.5) is 13.2 Å². The van der Waals surface area contributed by atoms with Crippen molar-refractivity contribution in [3.05, 3.63) is 35.4 Å². The Morgan fingerprint density at radius 2 is 1.89 bits per heavy atom. The first-order valence-electron chi connectivity index (χ1n) is 9.07. The van der Waals surface area contributed by atoms with Crippen LogP contribution in [0.2, 0.25) is 0 Å². The van der Waals surface area contributed by atoms with Crippen LogP contribution in [0.3, 0.4) is 0 Å². The van der Waals surface area contributed by atoms with Crippen LogP contribution in [0.25, 0.3) is 0 Å². The van der Waals surface area contributed by atoms with Gasteiger partial charge in [-0.15, -0.1) is 24.0 Å². The second-order valence-electron chi connectivity index (χ2n) is 6.53. The van der Waals surface area contributed by atoms with Gasteiger partial charge in [-0.2, -0.15) is 13.2 Å². The van der Waals surface area contributed by atoms with Crippen LogP contribution >= 0.6 is 24.0 Å². The fraction of sp³-hybridized carbons (Fsp3) is 0.632. The Balaban J connectivity index is 0.00000729. The predicted octanol–water partition coefficient (Wildman–Crippen LogP) is 3.56. The van der Waals surface area contributed by atoms with Gasteiger partial charge in [-0.25, -0.2) is 0 Å². The first-order valence-corrected chi connectivity index (χ1v) is 9.07. The lowest BCUT2D eigenvalue weighted by Gasteiger charge is -2.19. The molecular formula is C19H32F3IN4O. The van der Waals surface area contributed by atoms with Crippen molar-refractivity contribution in [2.75, 3.05) is 54.0 Å². The molecule has 0 aromatic heterocycles. The van der Waals surface area contributed by atoms with Crippen molar-refractivity contribution in [2.24, 2.45) is 4.99 Å². The molecular weight excluding hydrogens is 484 g/mol. The summed E-state index contributed by atoms with van der Waals surface area (Å²) in [6.45, 7) is 5.69. The molecule has 0 saturated heterocycles. The van der Waals surface area contributed by atoms with E-state index in [0.29, 0.717) is 31.1 Å². The molecule has 0 amide bonds. The van der Waals surface area contributed by atoms with E-state index in [-0.39, 0.29) is 29.9 Å². The second-order valence-corrected chi connectivity index (χ2v) is 6.53. The smallest absolute Gasteiger partial charge is 0.383 e. The highest BCUT2D eigenvalue weighted by molar-refractivity contribution is 14.0. The molecule has 28 heavy (non-hydrogen) atoms. The normalized spacial score (nSPS) is 13.2. The minimum atomic E-state index is -4.31. The van der Waals surface area contributed by atoms with Crippen LogP contribution in [0.5, 0.6) is 0 Å². The predicted molar refractivity (Wildman–Crippen MR) is 119 cm³/mol. The van der Waals surface area contributed by atoms with Gasteiger partial charge in [-0.05, 0) is 31.0 Å². The first-order chi connectivity index (χ1) is 12.8. The van der Waals surface area contributed by atoms with E-state index in [1.54, 1.807) is 20.2 Å². The number of guanidine groups is 1. The Bertz CT molecular complexity index is 585. The number of nitrogens with zero attached hydrogens (tertiary/aromatic N) is 2. The molecule has 0 radical (unpaired) electrons. The quantitative estimate of drug-likeness (QED) is 0.284. The monoisotopic (exact) mass is 516 g/mol. The van der Waals surface area contributed by atoms with Gasteiger partial charge in [0.1, 0.15) is 0 Å². The molecule has 0 saturated carbocycles. The molecule has 5 nitrogen and oxygen atoms in total. The fourth-order valence-electron chi connectivity index (χ4n) is 2.54. The number of benzene rings is 1. The molecule has 1 rings (SSSR count). The highest BCUT2D eigenvalue weighted by Gasteiger charge is 2.30. The van der Waals surface area contributed by atoms with E-state index in [1.807, 2.05) is 14.0 Å². The summed E-state index contributed by atoms with van der Waals surface area (Å²) in [6.07, 6.45) is -3.61. The summed E-state index contributed by atoms with van der Waals surface area (Å²) in [6, 6.07) is 5.53. The zero-order valence-electron chi connectivity index (χ0n) is 17.0. The zero-order valence-corrected chi connectivity index (χ0v) is 19.3. The molecule has 9 heteroatoms. The van der Waals surface area contributed by atoms with Crippen molar-refractivity contribution in [1.82, 2.24) is 15.5 Å². The van der Waals surface area contributed by atoms with Gasteiger partial charge in [0.2, 0.25) is 0 Å². The number of hydrogen-bond acceptors (Lipinski definition) is 3. The number of halogens is 4. The van der Waals surface area contributed by atoms with Gasteiger partial charge in [-0.1, -0.05) is 25.1 Å². The Morgan fingerprint density at radius 1 is 1.21 bits per heavy atom. The lowest BCUT2D eigenvalue weighted by molar-refractivity contribution is -0.137. The van der Waals surface area contributed by atoms with E-state index >= 15 is 0 Å². The van der Waals surface area contributed by atoms with Crippen LogP contribution in [-0.4, -0.2) is 64.9 Å². The summed E-state index contributed by atoms with van der Waals surface area (Å²) >= 11 is 0. The summed E-state index contributed by atoms with van der Waals surface area (Å²) in [4.78, 5) is 6.32. The Hall–Kier alpha value is -1.07. The molecule has 1 unspecified atom stereocenters. The minimum absolute atomic E-state index is 0. The maximum Gasteiger partial charge on any atom is 0.416 e. The lowest BCUT2D eigenvalue weighted by atomic mass is 9.96. The molecule has 1 aromatic carbocycles. The van der Waals surface area contributed by atoms with Crippen molar-refractivity contribution in [1.29, 1.82) is 0 Å². The maximum absolute atomic E-state index is 12.8. The summed E-state index contributed by atoms with van der Waals surface area (Å²) in [7, 11) is 5.39. The minimum Gasteiger partial charge on any atom is -0.383 e. The van der Waals surface area contributed by atoms with Crippen LogP contribution in [0, 0.1) is 0 Å². The van der Waals surface area contributed by atoms with Gasteiger partial charge in [0, 0.05) is 40.3 Å². The van der Waals surface area contributed by atoms with Gasteiger partial charge >= 0.3 is 6.18 Å². The molecule has 0 aliphatic heterocycles. The van der Waals surface area contributed by atoms with Gasteiger partial charge in [-0.3, -0.25) is 4.99 Å². The topological polar surface area (TPSA) is 48.9 Å². The average molecular weight is 516 g/mol. The highest BCUT2D eigenvalue weighted by Crippen LogP contribution is 2.31. The molecule has 0 aliphatic rings. The van der Waals surface area contributed by atoms with Crippen molar-refractivity contribution < 1.29 is 17.9 Å². The molecule has 162 valence electrons. The number of aliphatic imine (C=N–C) groups is 1. The number of alkyl halides is 3. The Kier molecular flexibility index (Phi) is 13.5. The van der Waals surface area contributed by atoms with E-state index in [9.17, 15) is 13.2 Å². The number of ether oxygens (including phenoxy) is 1. The van der Waals surface area contributed by atoms with Crippen molar-refractivity contribution in [3.8, 4) is 0 Å². The molecule has 0 heterocycles. The van der Waals surface area contributed by atoms with Crippen LogP contribution < -0.4 is 10.6 Å². The lowest BCUT2D eigenvalue weighted by Crippen LogP contribution is -2.41. The number of rotatable bonds is 10. The fourth-order valence-corrected chi connectivity index (χ4v) is 2.54. The van der Waals surface area contributed by atoms with E-state index in [2.05, 4.69) is 20.5 Å². The standard InChI is InChI=1S/C19H31F3N4O.HI/c1-15(16-6-5-7-17(14-16)19(20,21)22)8-9-24-18(23-2)25-10-11-26(3)12-13-27-4;/h5-7,14-15H,8-13H2,1-4H3,(H2,23,24,25);1H. The zero-order chi connectivity index (χ0) is 20.3. The highest BCUT2D eigenvalue weighted by atomic mass is 127. The van der Waals surface area contributed by atoms with Gasteiger partial charge in [0.15, 0.2) is 5.96 Å².